The molecule has 1 aromatic rings. The molecule has 2 unspecified atom stereocenters. The molecule has 0 aromatic heterocycles. The van der Waals surface area contributed by atoms with Crippen LogP contribution in [0.15, 0.2) is 30.3 Å². The number of hydrogen-bond donors (Lipinski definition) is 0. The Balaban J connectivity index is 2.03. The van der Waals surface area contributed by atoms with E-state index in [0.29, 0.717) is 6.42 Å². The van der Waals surface area contributed by atoms with Crippen molar-refractivity contribution in [2.45, 2.75) is 18.6 Å². The minimum absolute atomic E-state index is 0.136. The third-order valence-electron chi connectivity index (χ3n) is 2.00. The van der Waals surface area contributed by atoms with Crippen LogP contribution in [0.5, 0.6) is 0 Å². The monoisotopic (exact) mass is 159 g/mol. The Morgan fingerprint density at radius 2 is 2.08 bits per heavy atom. The van der Waals surface area contributed by atoms with Gasteiger partial charge in [-0.2, -0.15) is 5.26 Å². The molecule has 1 aliphatic rings. The standard InChI is InChI=1S/C10H9NO/c11-7-6-9-10(12-9)8-4-2-1-3-5-8/h1-5,9-10H,6H2. The van der Waals surface area contributed by atoms with E-state index in [1.54, 1.807) is 0 Å². The van der Waals surface area contributed by atoms with Crippen LogP contribution >= 0.6 is 0 Å². The lowest BCUT2D eigenvalue weighted by molar-refractivity contribution is 0.375. The van der Waals surface area contributed by atoms with Crippen LogP contribution in [0.1, 0.15) is 18.1 Å². The van der Waals surface area contributed by atoms with Gasteiger partial charge in [0.05, 0.1) is 12.5 Å². The summed E-state index contributed by atoms with van der Waals surface area (Å²) in [6, 6.07) is 12.1. The topological polar surface area (TPSA) is 36.3 Å². The number of rotatable bonds is 2. The fraction of sp³-hybridized carbons (Fsp3) is 0.300. The highest BCUT2D eigenvalue weighted by atomic mass is 16.6. The van der Waals surface area contributed by atoms with Crippen LogP contribution in [0.3, 0.4) is 0 Å². The summed E-state index contributed by atoms with van der Waals surface area (Å²) in [7, 11) is 0. The summed E-state index contributed by atoms with van der Waals surface area (Å²) >= 11 is 0. The van der Waals surface area contributed by atoms with Crippen molar-refractivity contribution in [2.24, 2.45) is 0 Å². The van der Waals surface area contributed by atoms with Crippen LogP contribution in [0.4, 0.5) is 0 Å². The normalized spacial score (nSPS) is 26.2. The van der Waals surface area contributed by atoms with E-state index in [0.717, 1.165) is 0 Å². The van der Waals surface area contributed by atoms with Crippen molar-refractivity contribution in [1.82, 2.24) is 0 Å². The summed E-state index contributed by atoms with van der Waals surface area (Å²) in [5.74, 6) is 0. The summed E-state index contributed by atoms with van der Waals surface area (Å²) in [6.07, 6.45) is 0.808. The molecule has 0 aliphatic carbocycles. The largest absolute Gasteiger partial charge is 0.363 e. The molecule has 0 radical (unpaired) electrons. The number of hydrogen-bond acceptors (Lipinski definition) is 2. The predicted octanol–water partition coefficient (Wildman–Crippen LogP) is 2.04. The number of nitriles is 1. The van der Waals surface area contributed by atoms with Gasteiger partial charge in [0.1, 0.15) is 12.2 Å². The second kappa shape index (κ2) is 2.96. The van der Waals surface area contributed by atoms with Gasteiger partial charge in [-0.1, -0.05) is 30.3 Å². The second-order valence-corrected chi connectivity index (χ2v) is 2.87. The SMILES string of the molecule is N#CCC1OC1c1ccccc1. The van der Waals surface area contributed by atoms with Crippen molar-refractivity contribution in [1.29, 1.82) is 5.26 Å². The van der Waals surface area contributed by atoms with E-state index in [1.807, 2.05) is 30.3 Å². The van der Waals surface area contributed by atoms with Gasteiger partial charge in [0.25, 0.3) is 0 Å². The number of benzene rings is 1. The zero-order valence-electron chi connectivity index (χ0n) is 6.60. The third kappa shape index (κ3) is 1.32. The van der Waals surface area contributed by atoms with Crippen LogP contribution in [-0.4, -0.2) is 6.10 Å². The smallest absolute Gasteiger partial charge is 0.110 e. The molecule has 0 N–H and O–H groups in total. The third-order valence-corrected chi connectivity index (χ3v) is 2.00. The molecule has 0 bridgehead atoms. The highest BCUT2D eigenvalue weighted by Gasteiger charge is 2.39. The zero-order valence-corrected chi connectivity index (χ0v) is 6.60. The van der Waals surface area contributed by atoms with Crippen LogP contribution in [0.2, 0.25) is 0 Å². The molecule has 1 aliphatic heterocycles. The Morgan fingerprint density at radius 3 is 2.75 bits per heavy atom. The number of nitrogens with zero attached hydrogens (tertiary/aromatic N) is 1. The summed E-state index contributed by atoms with van der Waals surface area (Å²) in [6.45, 7) is 0. The first-order valence-electron chi connectivity index (χ1n) is 3.99. The first-order valence-corrected chi connectivity index (χ1v) is 3.99. The Labute approximate surface area is 71.4 Å². The van der Waals surface area contributed by atoms with Gasteiger partial charge in [0, 0.05) is 0 Å². The lowest BCUT2D eigenvalue weighted by atomic mass is 10.1. The molecule has 12 heavy (non-hydrogen) atoms. The fourth-order valence-corrected chi connectivity index (χ4v) is 1.32. The van der Waals surface area contributed by atoms with E-state index in [1.165, 1.54) is 5.56 Å². The van der Waals surface area contributed by atoms with Crippen LogP contribution in [-0.2, 0) is 4.74 Å². The van der Waals surface area contributed by atoms with Crippen molar-refractivity contribution < 1.29 is 4.74 Å². The Kier molecular flexibility index (Phi) is 1.81. The molecule has 2 rings (SSSR count). The summed E-state index contributed by atoms with van der Waals surface area (Å²) in [5.41, 5.74) is 1.18. The Morgan fingerprint density at radius 1 is 1.33 bits per heavy atom. The van der Waals surface area contributed by atoms with E-state index in [9.17, 15) is 0 Å². The first kappa shape index (κ1) is 7.33. The summed E-state index contributed by atoms with van der Waals surface area (Å²) in [5, 5.41) is 8.41. The molecule has 0 spiro atoms. The van der Waals surface area contributed by atoms with Crippen molar-refractivity contribution in [3.8, 4) is 6.07 Å². The number of ether oxygens (including phenoxy) is 1. The lowest BCUT2D eigenvalue weighted by Gasteiger charge is -1.91. The highest BCUT2D eigenvalue weighted by molar-refractivity contribution is 5.22. The van der Waals surface area contributed by atoms with Gasteiger partial charge in [0.15, 0.2) is 0 Å². The van der Waals surface area contributed by atoms with E-state index < -0.39 is 0 Å². The highest BCUT2D eigenvalue weighted by Crippen LogP contribution is 2.40. The minimum atomic E-state index is 0.136. The van der Waals surface area contributed by atoms with Gasteiger partial charge in [-0.25, -0.2) is 0 Å². The van der Waals surface area contributed by atoms with Crippen molar-refractivity contribution in [3.05, 3.63) is 35.9 Å². The summed E-state index contributed by atoms with van der Waals surface area (Å²) < 4.78 is 5.32. The maximum Gasteiger partial charge on any atom is 0.110 e. The van der Waals surface area contributed by atoms with Crippen LogP contribution < -0.4 is 0 Å². The molecule has 2 atom stereocenters. The molecule has 1 saturated heterocycles. The summed E-state index contributed by atoms with van der Waals surface area (Å²) in [4.78, 5) is 0. The van der Waals surface area contributed by atoms with Crippen LogP contribution in [0, 0.1) is 11.3 Å². The first-order chi connectivity index (χ1) is 5.92. The quantitative estimate of drug-likeness (QED) is 0.619. The zero-order chi connectivity index (χ0) is 8.39. The van der Waals surface area contributed by atoms with Gasteiger partial charge >= 0.3 is 0 Å². The van der Waals surface area contributed by atoms with Crippen LogP contribution in [0.25, 0.3) is 0 Å². The Hall–Kier alpha value is -1.33. The van der Waals surface area contributed by atoms with Crippen molar-refractivity contribution in [2.75, 3.05) is 0 Å². The lowest BCUT2D eigenvalue weighted by Crippen LogP contribution is -1.85. The van der Waals surface area contributed by atoms with Gasteiger partial charge < -0.3 is 4.74 Å². The molecule has 1 fully saturated rings. The number of epoxide rings is 1. The fourth-order valence-electron chi connectivity index (χ4n) is 1.32. The van der Waals surface area contributed by atoms with E-state index in [2.05, 4.69) is 6.07 Å². The Bertz CT molecular complexity index is 301. The second-order valence-electron chi connectivity index (χ2n) is 2.87. The molecule has 60 valence electrons. The predicted molar refractivity (Wildman–Crippen MR) is 44.3 cm³/mol. The average Bonchev–Trinajstić information content (AvgIpc) is 2.87. The molecular weight excluding hydrogens is 150 g/mol. The molecule has 0 amide bonds. The van der Waals surface area contributed by atoms with Gasteiger partial charge in [0.2, 0.25) is 0 Å². The molecule has 0 saturated carbocycles. The van der Waals surface area contributed by atoms with Gasteiger partial charge in [-0.3, -0.25) is 0 Å². The van der Waals surface area contributed by atoms with Crippen molar-refractivity contribution >= 4 is 0 Å². The van der Waals surface area contributed by atoms with Crippen molar-refractivity contribution in [3.63, 3.8) is 0 Å². The maximum atomic E-state index is 8.41. The molecule has 1 heterocycles. The molecule has 2 nitrogen and oxygen atoms in total. The van der Waals surface area contributed by atoms with E-state index >= 15 is 0 Å². The average molecular weight is 159 g/mol. The van der Waals surface area contributed by atoms with Gasteiger partial charge in [-0.05, 0) is 5.56 Å². The minimum Gasteiger partial charge on any atom is -0.363 e. The van der Waals surface area contributed by atoms with E-state index in [-0.39, 0.29) is 12.2 Å². The molecular formula is C10H9NO. The molecule has 1 aromatic carbocycles. The van der Waals surface area contributed by atoms with Gasteiger partial charge in [-0.15, -0.1) is 0 Å². The maximum absolute atomic E-state index is 8.41. The van der Waals surface area contributed by atoms with E-state index in [4.69, 9.17) is 10.00 Å². The molecule has 2 heteroatoms.